The van der Waals surface area contributed by atoms with E-state index in [0.717, 1.165) is 27.4 Å². The van der Waals surface area contributed by atoms with Crippen LogP contribution >= 0.6 is 11.8 Å². The van der Waals surface area contributed by atoms with E-state index >= 15 is 0 Å². The van der Waals surface area contributed by atoms with Crippen LogP contribution in [0.25, 0.3) is 0 Å². The van der Waals surface area contributed by atoms with Crippen LogP contribution in [0.5, 0.6) is 0 Å². The number of carbonyl (C=O) groups is 1. The molecule has 3 rings (SSSR count). The van der Waals surface area contributed by atoms with E-state index in [1.54, 1.807) is 11.8 Å². The van der Waals surface area contributed by atoms with E-state index in [1.807, 2.05) is 56.3 Å². The highest BCUT2D eigenvalue weighted by molar-refractivity contribution is 8.03. The van der Waals surface area contributed by atoms with Crippen LogP contribution in [0.1, 0.15) is 22.8 Å². The van der Waals surface area contributed by atoms with Gasteiger partial charge in [-0.1, -0.05) is 48.2 Å². The van der Waals surface area contributed by atoms with Crippen LogP contribution < -0.4 is 5.32 Å². The minimum atomic E-state index is 0.0888. The summed E-state index contributed by atoms with van der Waals surface area (Å²) < 4.78 is 0. The Hall–Kier alpha value is -2.00. The highest BCUT2D eigenvalue weighted by Gasteiger charge is 2.21. The van der Waals surface area contributed by atoms with Crippen molar-refractivity contribution in [1.82, 2.24) is 0 Å². The Morgan fingerprint density at radius 3 is 2.50 bits per heavy atom. The first-order valence-electron chi connectivity index (χ1n) is 6.52. The number of rotatable bonds is 2. The number of thioether (sulfide) groups is 1. The highest BCUT2D eigenvalue weighted by atomic mass is 32.2. The molecular formula is C17H15NOS. The lowest BCUT2D eigenvalue weighted by atomic mass is 10.0. The quantitative estimate of drug-likeness (QED) is 0.643. The molecule has 0 aromatic heterocycles. The van der Waals surface area contributed by atoms with Gasteiger partial charge in [0, 0.05) is 16.0 Å². The normalized spacial score (nSPS) is 15.5. The topological polar surface area (TPSA) is 29.1 Å². The van der Waals surface area contributed by atoms with Gasteiger partial charge in [0.1, 0.15) is 0 Å². The zero-order valence-corrected chi connectivity index (χ0v) is 12.3. The lowest BCUT2D eigenvalue weighted by Gasteiger charge is -2.08. The number of anilines is 1. The van der Waals surface area contributed by atoms with Crippen molar-refractivity contribution in [2.75, 3.05) is 5.32 Å². The number of allylic oxidation sites excluding steroid dienone is 1. The predicted octanol–water partition coefficient (Wildman–Crippen LogP) is 4.63. The van der Waals surface area contributed by atoms with Crippen LogP contribution in [-0.2, 0) is 0 Å². The Morgan fingerprint density at radius 2 is 1.75 bits per heavy atom. The average molecular weight is 281 g/mol. The first-order chi connectivity index (χ1) is 9.66. The van der Waals surface area contributed by atoms with Gasteiger partial charge in [-0.3, -0.25) is 4.79 Å². The molecule has 1 N–H and O–H groups in total. The molecule has 0 atom stereocenters. The second-order valence-electron chi connectivity index (χ2n) is 4.82. The Morgan fingerprint density at radius 1 is 1.05 bits per heavy atom. The molecule has 0 saturated carbocycles. The third-order valence-electron chi connectivity index (χ3n) is 3.42. The van der Waals surface area contributed by atoms with Gasteiger partial charge in [-0.15, -0.1) is 0 Å². The number of para-hydroxylation sites is 1. The molecule has 0 radical (unpaired) electrons. The van der Waals surface area contributed by atoms with Gasteiger partial charge in [-0.2, -0.15) is 0 Å². The van der Waals surface area contributed by atoms with Crippen LogP contribution in [0.3, 0.4) is 0 Å². The third-order valence-corrected chi connectivity index (χ3v) is 4.61. The van der Waals surface area contributed by atoms with E-state index < -0.39 is 0 Å². The first-order valence-corrected chi connectivity index (χ1v) is 7.33. The summed E-state index contributed by atoms with van der Waals surface area (Å²) >= 11 is 1.62. The summed E-state index contributed by atoms with van der Waals surface area (Å²) in [6.07, 6.45) is 0. The monoisotopic (exact) mass is 281 g/mol. The summed E-state index contributed by atoms with van der Waals surface area (Å²) in [7, 11) is 0. The van der Waals surface area contributed by atoms with Crippen molar-refractivity contribution in [2.24, 2.45) is 0 Å². The average Bonchev–Trinajstić information content (AvgIpc) is 2.90. The highest BCUT2D eigenvalue weighted by Crippen LogP contribution is 2.42. The molecule has 1 aliphatic heterocycles. The summed E-state index contributed by atoms with van der Waals surface area (Å²) in [5.41, 5.74) is 3.62. The van der Waals surface area contributed by atoms with Gasteiger partial charge in [-0.05, 0) is 31.5 Å². The number of hydrogen-bond donors (Lipinski definition) is 1. The van der Waals surface area contributed by atoms with Crippen molar-refractivity contribution in [1.29, 1.82) is 0 Å². The van der Waals surface area contributed by atoms with E-state index in [9.17, 15) is 4.79 Å². The maximum absolute atomic E-state index is 12.6. The summed E-state index contributed by atoms with van der Waals surface area (Å²) in [6.45, 7) is 3.85. The van der Waals surface area contributed by atoms with E-state index in [0.29, 0.717) is 0 Å². The first kappa shape index (κ1) is 13.0. The zero-order chi connectivity index (χ0) is 14.1. The van der Waals surface area contributed by atoms with Crippen LogP contribution in [0.2, 0.25) is 0 Å². The van der Waals surface area contributed by atoms with Crippen molar-refractivity contribution in [3.8, 4) is 0 Å². The fraction of sp³-hybridized carbons (Fsp3) is 0.118. The molecule has 100 valence electrons. The number of carbonyl (C=O) groups excluding carboxylic acids is 1. The Labute approximate surface area is 122 Å². The van der Waals surface area contributed by atoms with Gasteiger partial charge in [0.05, 0.1) is 10.7 Å². The van der Waals surface area contributed by atoms with Crippen molar-refractivity contribution in [3.63, 3.8) is 0 Å². The van der Waals surface area contributed by atoms with Crippen LogP contribution in [0, 0.1) is 6.92 Å². The van der Waals surface area contributed by atoms with Crippen LogP contribution in [0.4, 0.5) is 5.69 Å². The third kappa shape index (κ3) is 2.25. The lowest BCUT2D eigenvalue weighted by Crippen LogP contribution is -2.07. The molecular weight excluding hydrogens is 266 g/mol. The van der Waals surface area contributed by atoms with Gasteiger partial charge < -0.3 is 5.32 Å². The van der Waals surface area contributed by atoms with Crippen LogP contribution in [-0.4, -0.2) is 5.78 Å². The van der Waals surface area contributed by atoms with Crippen LogP contribution in [0.15, 0.2) is 64.0 Å². The molecule has 1 aliphatic rings. The molecule has 0 fully saturated rings. The molecule has 2 nitrogen and oxygen atoms in total. The summed E-state index contributed by atoms with van der Waals surface area (Å²) in [4.78, 5) is 13.8. The molecule has 0 spiro atoms. The molecule has 20 heavy (non-hydrogen) atoms. The Balaban J connectivity index is 1.94. The fourth-order valence-electron chi connectivity index (χ4n) is 2.22. The zero-order valence-electron chi connectivity index (χ0n) is 11.4. The molecule has 0 bridgehead atoms. The minimum Gasteiger partial charge on any atom is -0.349 e. The van der Waals surface area contributed by atoms with Gasteiger partial charge in [0.15, 0.2) is 5.78 Å². The van der Waals surface area contributed by atoms with Gasteiger partial charge in [-0.25, -0.2) is 0 Å². The molecule has 2 aromatic rings. The maximum atomic E-state index is 12.6. The largest absolute Gasteiger partial charge is 0.349 e. The maximum Gasteiger partial charge on any atom is 0.191 e. The Bertz CT molecular complexity index is 691. The van der Waals surface area contributed by atoms with Gasteiger partial charge in [0.25, 0.3) is 0 Å². The number of benzene rings is 2. The number of fused-ring (bicyclic) bond motifs is 1. The summed E-state index contributed by atoms with van der Waals surface area (Å²) in [5.74, 6) is 0.0888. The van der Waals surface area contributed by atoms with Crippen molar-refractivity contribution >= 4 is 23.2 Å². The van der Waals surface area contributed by atoms with Crippen molar-refractivity contribution < 1.29 is 4.79 Å². The van der Waals surface area contributed by atoms with E-state index in [-0.39, 0.29) is 5.78 Å². The fourth-order valence-corrected chi connectivity index (χ4v) is 3.22. The van der Waals surface area contributed by atoms with E-state index in [4.69, 9.17) is 0 Å². The molecule has 3 heteroatoms. The number of nitrogens with one attached hydrogen (secondary N) is 1. The second kappa shape index (κ2) is 5.17. The number of ketones is 1. The number of hydrogen-bond acceptors (Lipinski definition) is 3. The summed E-state index contributed by atoms with van der Waals surface area (Å²) in [5, 5.41) is 4.26. The van der Waals surface area contributed by atoms with Gasteiger partial charge >= 0.3 is 0 Å². The number of aryl methyl sites for hydroxylation is 1. The molecule has 0 saturated heterocycles. The smallest absolute Gasteiger partial charge is 0.191 e. The second-order valence-corrected chi connectivity index (χ2v) is 5.87. The lowest BCUT2D eigenvalue weighted by molar-refractivity contribution is 0.103. The molecule has 0 amide bonds. The SMILES string of the molecule is C/C(C(=O)c1ccccc1C)=C1\Nc2ccccc2S1. The molecule has 1 heterocycles. The summed E-state index contributed by atoms with van der Waals surface area (Å²) in [6, 6.07) is 15.8. The molecule has 2 aromatic carbocycles. The Kier molecular flexibility index (Phi) is 3.36. The number of Topliss-reactive ketones (excluding diaryl/α,β-unsaturated/α-hetero) is 1. The van der Waals surface area contributed by atoms with E-state index in [1.165, 1.54) is 4.90 Å². The molecule has 0 unspecified atom stereocenters. The predicted molar refractivity (Wildman–Crippen MR) is 84.1 cm³/mol. The van der Waals surface area contributed by atoms with Crippen molar-refractivity contribution in [2.45, 2.75) is 18.7 Å². The van der Waals surface area contributed by atoms with Crippen molar-refractivity contribution in [3.05, 3.63) is 70.3 Å². The van der Waals surface area contributed by atoms with E-state index in [2.05, 4.69) is 11.4 Å². The molecule has 0 aliphatic carbocycles. The van der Waals surface area contributed by atoms with Gasteiger partial charge in [0.2, 0.25) is 0 Å². The minimum absolute atomic E-state index is 0.0888. The standard InChI is InChI=1S/C17H15NOS/c1-11-7-3-4-8-13(11)16(19)12(2)17-18-14-9-5-6-10-15(14)20-17/h3-10,18H,1-2H3/b17-12-.